The number of carbonyl (C=O) groups is 1. The number of hydrogen-bond donors (Lipinski definition) is 1. The molecular weight excluding hydrogens is 394 g/mol. The second kappa shape index (κ2) is 10.8. The van der Waals surface area contributed by atoms with E-state index in [1.165, 1.54) is 7.11 Å². The Morgan fingerprint density at radius 1 is 1.34 bits per heavy atom. The monoisotopic (exact) mass is 419 g/mol. The van der Waals surface area contributed by atoms with Gasteiger partial charge in [0.15, 0.2) is 5.75 Å². The van der Waals surface area contributed by atoms with Gasteiger partial charge in [-0.2, -0.15) is 10.4 Å². The molecule has 2 aromatic rings. The van der Waals surface area contributed by atoms with Gasteiger partial charge in [0.2, 0.25) is 5.91 Å². The minimum absolute atomic E-state index is 0.0579. The van der Waals surface area contributed by atoms with E-state index in [1.54, 1.807) is 30.1 Å². The van der Waals surface area contributed by atoms with Gasteiger partial charge in [-0.15, -0.1) is 0 Å². The molecule has 2 rings (SSSR count). The molecule has 0 saturated heterocycles. The van der Waals surface area contributed by atoms with Gasteiger partial charge in [-0.1, -0.05) is 18.5 Å². The smallest absolute Gasteiger partial charge is 0.248 e. The van der Waals surface area contributed by atoms with E-state index in [0.29, 0.717) is 41.7 Å². The molecule has 1 aromatic heterocycles. The van der Waals surface area contributed by atoms with Crippen LogP contribution in [-0.2, 0) is 16.1 Å². The Labute approximate surface area is 176 Å². The van der Waals surface area contributed by atoms with E-state index >= 15 is 0 Å². The average Bonchev–Trinajstić information content (AvgIpc) is 3.03. The Hall–Kier alpha value is -2.60. The molecule has 0 saturated carbocycles. The van der Waals surface area contributed by atoms with Gasteiger partial charge in [0.25, 0.3) is 0 Å². The minimum Gasteiger partial charge on any atom is -0.453 e. The van der Waals surface area contributed by atoms with E-state index in [2.05, 4.69) is 21.2 Å². The molecule has 0 atom stereocenters. The number of rotatable bonds is 10. The lowest BCUT2D eigenvalue weighted by molar-refractivity contribution is -0.134. The molecule has 0 aliphatic rings. The minimum atomic E-state index is -0.0579. The average molecular weight is 420 g/mol. The van der Waals surface area contributed by atoms with Crippen LogP contribution in [0.1, 0.15) is 23.9 Å². The molecule has 156 valence electrons. The molecule has 0 spiro atoms. The van der Waals surface area contributed by atoms with Crippen LogP contribution in [-0.4, -0.2) is 66.3 Å². The van der Waals surface area contributed by atoms with Crippen molar-refractivity contribution in [2.24, 2.45) is 0 Å². The number of methoxy groups -OCH3 is 1. The van der Waals surface area contributed by atoms with Crippen molar-refractivity contribution in [1.82, 2.24) is 20.0 Å². The second-order valence-electron chi connectivity index (χ2n) is 6.63. The highest BCUT2D eigenvalue weighted by molar-refractivity contribution is 6.30. The Morgan fingerprint density at radius 3 is 2.76 bits per heavy atom. The van der Waals surface area contributed by atoms with Gasteiger partial charge in [0, 0.05) is 38.8 Å². The summed E-state index contributed by atoms with van der Waals surface area (Å²) in [6.07, 6.45) is 0. The second-order valence-corrected chi connectivity index (χ2v) is 7.07. The topological polar surface area (TPSA) is 94.5 Å². The number of halogens is 1. The fourth-order valence-corrected chi connectivity index (χ4v) is 2.95. The number of aryl methyl sites for hydroxylation is 1. The highest BCUT2D eigenvalue weighted by Crippen LogP contribution is 2.30. The zero-order valence-electron chi connectivity index (χ0n) is 17.2. The van der Waals surface area contributed by atoms with E-state index in [1.807, 2.05) is 13.8 Å². The Kier molecular flexibility index (Phi) is 8.46. The van der Waals surface area contributed by atoms with Crippen LogP contribution in [0.5, 0.6) is 11.5 Å². The van der Waals surface area contributed by atoms with Crippen LogP contribution in [0.3, 0.4) is 0 Å². The number of aromatic amines is 1. The van der Waals surface area contributed by atoms with Crippen LogP contribution < -0.4 is 4.74 Å². The van der Waals surface area contributed by atoms with Gasteiger partial charge < -0.3 is 14.4 Å². The predicted octanol–water partition coefficient (Wildman–Crippen LogP) is 2.96. The molecule has 1 amide bonds. The summed E-state index contributed by atoms with van der Waals surface area (Å²) < 4.78 is 10.9. The Morgan fingerprint density at radius 2 is 2.10 bits per heavy atom. The molecule has 9 heteroatoms. The first-order valence-electron chi connectivity index (χ1n) is 9.25. The van der Waals surface area contributed by atoms with Crippen molar-refractivity contribution in [2.45, 2.75) is 20.4 Å². The molecule has 1 N–H and O–H groups in total. The Bertz CT molecular complexity index is 877. The molecule has 0 aliphatic heterocycles. The number of benzene rings is 1. The van der Waals surface area contributed by atoms with Gasteiger partial charge in [-0.05, 0) is 31.7 Å². The summed E-state index contributed by atoms with van der Waals surface area (Å²) in [4.78, 5) is 15.7. The van der Waals surface area contributed by atoms with Crippen molar-refractivity contribution in [3.8, 4) is 17.6 Å². The van der Waals surface area contributed by atoms with Crippen molar-refractivity contribution >= 4 is 17.5 Å². The molecule has 0 fully saturated rings. The molecule has 1 aromatic carbocycles. The van der Waals surface area contributed by atoms with E-state index in [0.717, 1.165) is 17.9 Å². The van der Waals surface area contributed by atoms with E-state index in [-0.39, 0.29) is 12.5 Å². The van der Waals surface area contributed by atoms with E-state index in [9.17, 15) is 4.79 Å². The zero-order valence-corrected chi connectivity index (χ0v) is 17.9. The Balaban J connectivity index is 2.09. The molecule has 0 aliphatic carbocycles. The van der Waals surface area contributed by atoms with Crippen molar-refractivity contribution < 1.29 is 14.3 Å². The zero-order chi connectivity index (χ0) is 21.4. The van der Waals surface area contributed by atoms with Crippen LogP contribution >= 0.6 is 11.6 Å². The third-order valence-electron chi connectivity index (χ3n) is 4.45. The molecule has 0 bridgehead atoms. The molecule has 0 radical (unpaired) electrons. The molecular formula is C20H26ClN5O3. The van der Waals surface area contributed by atoms with E-state index < -0.39 is 0 Å². The summed E-state index contributed by atoms with van der Waals surface area (Å²) in [6.45, 7) is 6.59. The van der Waals surface area contributed by atoms with Crippen molar-refractivity contribution in [3.63, 3.8) is 0 Å². The SMILES string of the molecule is CCN(CCN(C)C(=O)COC)Cc1n[nH]c(C)c1Oc1cc(Cl)cc(C#N)c1. The lowest BCUT2D eigenvalue weighted by atomic mass is 10.2. The highest BCUT2D eigenvalue weighted by Gasteiger charge is 2.17. The maximum atomic E-state index is 11.9. The number of H-pyrrole nitrogens is 1. The van der Waals surface area contributed by atoms with Crippen molar-refractivity contribution in [3.05, 3.63) is 40.2 Å². The van der Waals surface area contributed by atoms with E-state index in [4.69, 9.17) is 26.3 Å². The number of carbonyl (C=O) groups excluding carboxylic acids is 1. The standard InChI is InChI=1S/C20H26ClN5O3/c1-5-26(7-6-25(3)19(27)13-28-4)12-18-20(14(2)23-24-18)29-17-9-15(11-22)8-16(21)10-17/h8-10H,5-7,12-13H2,1-4H3,(H,23,24). The van der Waals surface area contributed by atoms with Crippen LogP contribution in [0, 0.1) is 18.3 Å². The van der Waals surface area contributed by atoms with Gasteiger partial charge in [0.1, 0.15) is 18.1 Å². The van der Waals surface area contributed by atoms with Gasteiger partial charge in [-0.3, -0.25) is 14.8 Å². The number of ether oxygens (including phenoxy) is 2. The largest absolute Gasteiger partial charge is 0.453 e. The van der Waals surface area contributed by atoms with Crippen LogP contribution in [0.4, 0.5) is 0 Å². The quantitative estimate of drug-likeness (QED) is 0.636. The number of hydrogen-bond acceptors (Lipinski definition) is 6. The summed E-state index contributed by atoms with van der Waals surface area (Å²) in [5, 5.41) is 16.9. The number of nitrogens with one attached hydrogen (secondary N) is 1. The fourth-order valence-electron chi connectivity index (χ4n) is 2.73. The number of nitrogens with zero attached hydrogens (tertiary/aromatic N) is 4. The summed E-state index contributed by atoms with van der Waals surface area (Å²) >= 11 is 6.07. The fraction of sp³-hybridized carbons (Fsp3) is 0.450. The lowest BCUT2D eigenvalue weighted by Gasteiger charge is -2.24. The van der Waals surface area contributed by atoms with Gasteiger partial charge in [0.05, 0.1) is 17.3 Å². The first-order valence-corrected chi connectivity index (χ1v) is 9.63. The molecule has 8 nitrogen and oxygen atoms in total. The van der Waals surface area contributed by atoms with Gasteiger partial charge in [-0.25, -0.2) is 0 Å². The molecule has 1 heterocycles. The highest BCUT2D eigenvalue weighted by atomic mass is 35.5. The first-order chi connectivity index (χ1) is 13.9. The number of amides is 1. The summed E-state index contributed by atoms with van der Waals surface area (Å²) in [5.74, 6) is 1.03. The third-order valence-corrected chi connectivity index (χ3v) is 4.67. The number of nitriles is 1. The summed E-state index contributed by atoms with van der Waals surface area (Å²) in [7, 11) is 3.26. The normalized spacial score (nSPS) is 10.8. The van der Waals surface area contributed by atoms with Gasteiger partial charge >= 0.3 is 0 Å². The van der Waals surface area contributed by atoms with Crippen molar-refractivity contribution in [2.75, 3.05) is 40.4 Å². The maximum Gasteiger partial charge on any atom is 0.248 e. The third kappa shape index (κ3) is 6.46. The maximum absolute atomic E-state index is 11.9. The number of aromatic nitrogens is 2. The van der Waals surface area contributed by atoms with Crippen LogP contribution in [0.15, 0.2) is 18.2 Å². The summed E-state index contributed by atoms with van der Waals surface area (Å²) in [6, 6.07) is 6.94. The molecule has 29 heavy (non-hydrogen) atoms. The molecule has 0 unspecified atom stereocenters. The first kappa shape index (κ1) is 22.7. The van der Waals surface area contributed by atoms with Crippen molar-refractivity contribution in [1.29, 1.82) is 5.26 Å². The van der Waals surface area contributed by atoms with Crippen LogP contribution in [0.2, 0.25) is 5.02 Å². The predicted molar refractivity (Wildman–Crippen MR) is 110 cm³/mol. The lowest BCUT2D eigenvalue weighted by Crippen LogP contribution is -2.37. The number of likely N-dealkylation sites (N-methyl/N-ethyl adjacent to an activating group) is 2. The summed E-state index contributed by atoms with van der Waals surface area (Å²) in [5.41, 5.74) is 1.95. The van der Waals surface area contributed by atoms with Crippen LogP contribution in [0.25, 0.3) is 0 Å².